The topological polar surface area (TPSA) is 132 Å². The van der Waals surface area contributed by atoms with Crippen molar-refractivity contribution in [2.24, 2.45) is 0 Å². The molecule has 0 unspecified atom stereocenters. The summed E-state index contributed by atoms with van der Waals surface area (Å²) in [6.45, 7) is 2.26. The number of phenols is 1. The minimum atomic E-state index is -0.785. The van der Waals surface area contributed by atoms with E-state index < -0.39 is 6.10 Å². The number of anilines is 1. The fourth-order valence-electron chi connectivity index (χ4n) is 4.02. The molecule has 2 atom stereocenters. The average molecular weight is 510 g/mol. The van der Waals surface area contributed by atoms with E-state index in [1.807, 2.05) is 49.4 Å². The molecule has 9 nitrogen and oxygen atoms in total. The first-order chi connectivity index (χ1) is 17.8. The molecule has 198 valence electrons. The van der Waals surface area contributed by atoms with Crippen LogP contribution in [0.5, 0.6) is 17.2 Å². The number of hydrogen-bond donors (Lipinski definition) is 6. The molecule has 0 radical (unpaired) electrons. The van der Waals surface area contributed by atoms with Gasteiger partial charge in [-0.25, -0.2) is 4.79 Å². The van der Waals surface area contributed by atoms with E-state index in [0.717, 1.165) is 11.1 Å². The Kier molecular flexibility index (Phi) is 10.1. The van der Waals surface area contributed by atoms with E-state index in [1.54, 1.807) is 26.4 Å². The Morgan fingerprint density at radius 2 is 1.70 bits per heavy atom. The van der Waals surface area contributed by atoms with E-state index in [9.17, 15) is 20.1 Å². The van der Waals surface area contributed by atoms with Gasteiger partial charge >= 0.3 is 6.03 Å². The molecule has 0 saturated carbocycles. The molecule has 0 fully saturated rings. The fourth-order valence-corrected chi connectivity index (χ4v) is 4.02. The molecule has 37 heavy (non-hydrogen) atoms. The molecule has 3 rings (SSSR count). The number of carbonyl (C=O) groups excluding carboxylic acids is 1. The van der Waals surface area contributed by atoms with Crippen molar-refractivity contribution < 1.29 is 29.6 Å². The highest BCUT2D eigenvalue weighted by Crippen LogP contribution is 2.28. The summed E-state index contributed by atoms with van der Waals surface area (Å²) in [5.41, 5.74) is 3.42. The van der Waals surface area contributed by atoms with Crippen LogP contribution in [0.25, 0.3) is 0 Å². The molecule has 3 aromatic carbocycles. The summed E-state index contributed by atoms with van der Waals surface area (Å²) in [5, 5.41) is 38.5. The number of benzene rings is 3. The van der Waals surface area contributed by atoms with Gasteiger partial charge < -0.3 is 40.7 Å². The summed E-state index contributed by atoms with van der Waals surface area (Å²) in [7, 11) is 3.14. The summed E-state index contributed by atoms with van der Waals surface area (Å²) in [5.74, 6) is 1.27. The molecular weight excluding hydrogens is 474 g/mol. The molecule has 0 aliphatic heterocycles. The van der Waals surface area contributed by atoms with Crippen LogP contribution in [0.15, 0.2) is 60.7 Å². The monoisotopic (exact) mass is 509 g/mol. The first-order valence-electron chi connectivity index (χ1n) is 12.0. The zero-order chi connectivity index (χ0) is 26.8. The van der Waals surface area contributed by atoms with Gasteiger partial charge in [0, 0.05) is 23.8 Å². The number of nitrogens with one attached hydrogen (secondary N) is 3. The molecule has 3 aromatic rings. The first kappa shape index (κ1) is 27.8. The lowest BCUT2D eigenvalue weighted by molar-refractivity contribution is 0.170. The third-order valence-corrected chi connectivity index (χ3v) is 6.00. The summed E-state index contributed by atoms with van der Waals surface area (Å²) >= 11 is 0. The Balaban J connectivity index is 1.51. The van der Waals surface area contributed by atoms with Crippen molar-refractivity contribution >= 4 is 11.7 Å². The van der Waals surface area contributed by atoms with Crippen LogP contribution >= 0.6 is 0 Å². The van der Waals surface area contributed by atoms with E-state index in [0.29, 0.717) is 41.3 Å². The van der Waals surface area contributed by atoms with Gasteiger partial charge in [0.1, 0.15) is 17.2 Å². The van der Waals surface area contributed by atoms with Crippen LogP contribution in [-0.4, -0.2) is 48.2 Å². The number of aliphatic hydroxyl groups excluding tert-OH is 2. The summed E-state index contributed by atoms with van der Waals surface area (Å²) in [6, 6.07) is 17.4. The minimum absolute atomic E-state index is 0.00136. The van der Waals surface area contributed by atoms with Crippen LogP contribution in [0.4, 0.5) is 10.5 Å². The SMILES string of the molecule is COc1cccc(OC)c1CNC(=O)Nc1cccc(C[C@@H](C)NC[C@H](O)c2ccc(O)c(CO)c2)c1. The summed E-state index contributed by atoms with van der Waals surface area (Å²) in [4.78, 5) is 12.5. The highest BCUT2D eigenvalue weighted by atomic mass is 16.5. The van der Waals surface area contributed by atoms with Crippen LogP contribution in [-0.2, 0) is 19.6 Å². The van der Waals surface area contributed by atoms with Crippen molar-refractivity contribution in [3.63, 3.8) is 0 Å². The largest absolute Gasteiger partial charge is 0.508 e. The van der Waals surface area contributed by atoms with E-state index in [4.69, 9.17) is 9.47 Å². The molecule has 2 amide bonds. The number of aliphatic hydroxyl groups is 2. The number of amides is 2. The average Bonchev–Trinajstić information content (AvgIpc) is 2.90. The van der Waals surface area contributed by atoms with Gasteiger partial charge in [-0.05, 0) is 60.9 Å². The molecule has 6 N–H and O–H groups in total. The Morgan fingerprint density at radius 3 is 2.38 bits per heavy atom. The van der Waals surface area contributed by atoms with Crippen molar-refractivity contribution in [3.05, 3.63) is 82.9 Å². The van der Waals surface area contributed by atoms with Crippen molar-refractivity contribution in [2.75, 3.05) is 26.1 Å². The van der Waals surface area contributed by atoms with Gasteiger partial charge in [-0.15, -0.1) is 0 Å². The zero-order valence-corrected chi connectivity index (χ0v) is 21.3. The Labute approximate surface area is 217 Å². The predicted molar refractivity (Wildman–Crippen MR) is 142 cm³/mol. The highest BCUT2D eigenvalue weighted by molar-refractivity contribution is 5.89. The van der Waals surface area contributed by atoms with Crippen LogP contribution < -0.4 is 25.4 Å². The van der Waals surface area contributed by atoms with Gasteiger partial charge in [0.15, 0.2) is 0 Å². The standard InChI is InChI=1S/C28H35N3O6/c1-18(29-16-25(34)20-10-11-24(33)21(14-20)17-32)12-19-6-4-7-22(13-19)31-28(35)30-15-23-26(36-2)8-5-9-27(23)37-3/h4-11,13-14,18,25,29,32-34H,12,15-17H2,1-3H3,(H2,30,31,35)/t18-,25+/m1/s1. The number of urea groups is 1. The van der Waals surface area contributed by atoms with Gasteiger partial charge in [-0.3, -0.25) is 0 Å². The molecule has 0 saturated heterocycles. The van der Waals surface area contributed by atoms with Gasteiger partial charge in [-0.2, -0.15) is 0 Å². The Bertz CT molecular complexity index is 1160. The molecule has 0 bridgehead atoms. The van der Waals surface area contributed by atoms with E-state index >= 15 is 0 Å². The molecule has 9 heteroatoms. The van der Waals surface area contributed by atoms with Crippen LogP contribution in [0, 0.1) is 0 Å². The number of hydrogen-bond acceptors (Lipinski definition) is 7. The van der Waals surface area contributed by atoms with Gasteiger partial charge in [0.2, 0.25) is 0 Å². The van der Waals surface area contributed by atoms with Crippen molar-refractivity contribution in [2.45, 2.75) is 38.6 Å². The lowest BCUT2D eigenvalue weighted by Gasteiger charge is -2.18. The second kappa shape index (κ2) is 13.5. The fraction of sp³-hybridized carbons (Fsp3) is 0.321. The smallest absolute Gasteiger partial charge is 0.319 e. The second-order valence-electron chi connectivity index (χ2n) is 8.72. The maximum Gasteiger partial charge on any atom is 0.319 e. The van der Waals surface area contributed by atoms with Gasteiger partial charge in [0.05, 0.1) is 39.0 Å². The molecule has 0 heterocycles. The van der Waals surface area contributed by atoms with Gasteiger partial charge in [-0.1, -0.05) is 24.3 Å². The first-order valence-corrected chi connectivity index (χ1v) is 12.0. The maximum atomic E-state index is 12.5. The van der Waals surface area contributed by atoms with Crippen molar-refractivity contribution in [1.29, 1.82) is 0 Å². The van der Waals surface area contributed by atoms with E-state index in [1.165, 1.54) is 6.07 Å². The number of aromatic hydroxyl groups is 1. The third kappa shape index (κ3) is 7.85. The van der Waals surface area contributed by atoms with Gasteiger partial charge in [0.25, 0.3) is 0 Å². The number of methoxy groups -OCH3 is 2. The number of ether oxygens (including phenoxy) is 2. The lowest BCUT2D eigenvalue weighted by Crippen LogP contribution is -2.32. The predicted octanol–water partition coefficient (Wildman–Crippen LogP) is 3.48. The van der Waals surface area contributed by atoms with Crippen LogP contribution in [0.3, 0.4) is 0 Å². The molecule has 0 aliphatic carbocycles. The molecule has 0 aliphatic rings. The summed E-state index contributed by atoms with van der Waals surface area (Å²) < 4.78 is 10.7. The normalized spacial score (nSPS) is 12.5. The van der Waals surface area contributed by atoms with Crippen LogP contribution in [0.1, 0.15) is 35.3 Å². The van der Waals surface area contributed by atoms with Crippen LogP contribution in [0.2, 0.25) is 0 Å². The molecular formula is C28H35N3O6. The molecule has 0 spiro atoms. The number of carbonyl (C=O) groups is 1. The molecule has 0 aromatic heterocycles. The van der Waals surface area contributed by atoms with E-state index in [-0.39, 0.29) is 31.0 Å². The minimum Gasteiger partial charge on any atom is -0.508 e. The lowest BCUT2D eigenvalue weighted by atomic mass is 10.0. The quantitative estimate of drug-likeness (QED) is 0.220. The second-order valence-corrected chi connectivity index (χ2v) is 8.72. The van der Waals surface area contributed by atoms with Crippen molar-refractivity contribution in [1.82, 2.24) is 10.6 Å². The Morgan fingerprint density at radius 1 is 1.00 bits per heavy atom. The van der Waals surface area contributed by atoms with E-state index in [2.05, 4.69) is 16.0 Å². The third-order valence-electron chi connectivity index (χ3n) is 6.00. The number of rotatable bonds is 12. The summed E-state index contributed by atoms with van der Waals surface area (Å²) in [6.07, 6.45) is -0.105. The highest BCUT2D eigenvalue weighted by Gasteiger charge is 2.14. The maximum absolute atomic E-state index is 12.5. The Hall–Kier alpha value is -3.79. The zero-order valence-electron chi connectivity index (χ0n) is 21.3. The van der Waals surface area contributed by atoms with Crippen molar-refractivity contribution in [3.8, 4) is 17.2 Å².